The highest BCUT2D eigenvalue weighted by Crippen LogP contribution is 2.21. The fourth-order valence-corrected chi connectivity index (χ4v) is 2.79. The quantitative estimate of drug-likeness (QED) is 0.778. The number of benzene rings is 2. The molecule has 1 atom stereocenters. The van der Waals surface area contributed by atoms with E-state index >= 15 is 0 Å². The van der Waals surface area contributed by atoms with Gasteiger partial charge in [-0.05, 0) is 68.1 Å². The van der Waals surface area contributed by atoms with Crippen molar-refractivity contribution in [3.05, 3.63) is 58.9 Å². The van der Waals surface area contributed by atoms with Gasteiger partial charge in [-0.3, -0.25) is 0 Å². The van der Waals surface area contributed by atoms with Crippen LogP contribution in [0.2, 0.25) is 0 Å². The van der Waals surface area contributed by atoms with Gasteiger partial charge in [0.05, 0.1) is 23.9 Å². The average Bonchev–Trinajstić information content (AvgIpc) is 2.91. The smallest absolute Gasteiger partial charge is 0.122 e. The van der Waals surface area contributed by atoms with Crippen LogP contribution in [-0.4, -0.2) is 27.4 Å². The summed E-state index contributed by atoms with van der Waals surface area (Å²) in [7, 11) is 0. The van der Waals surface area contributed by atoms with E-state index in [1.54, 1.807) is 6.33 Å². The zero-order chi connectivity index (χ0) is 17.3. The SMILES string of the molecule is Cc1ccc(C)c(OC[C@@H](O)Cn2cnc3cc(C)c(C)cc32)c1. The monoisotopic (exact) mass is 324 g/mol. The third-order valence-corrected chi connectivity index (χ3v) is 4.42. The maximum absolute atomic E-state index is 10.4. The number of hydrogen-bond donors (Lipinski definition) is 1. The number of fused-ring (bicyclic) bond motifs is 1. The van der Waals surface area contributed by atoms with Gasteiger partial charge in [-0.1, -0.05) is 12.1 Å². The van der Waals surface area contributed by atoms with E-state index in [1.807, 2.05) is 30.5 Å². The highest BCUT2D eigenvalue weighted by molar-refractivity contribution is 5.77. The standard InChI is InChI=1S/C20H24N2O2/c1-13-5-6-14(2)20(7-13)24-11-17(23)10-22-12-21-18-8-15(3)16(4)9-19(18)22/h5-9,12,17,23H,10-11H2,1-4H3/t17-/m0/s1. The highest BCUT2D eigenvalue weighted by Gasteiger charge is 2.11. The van der Waals surface area contributed by atoms with E-state index in [-0.39, 0.29) is 6.61 Å². The number of aliphatic hydroxyl groups is 1. The highest BCUT2D eigenvalue weighted by atomic mass is 16.5. The molecular weight excluding hydrogens is 300 g/mol. The molecule has 0 saturated heterocycles. The van der Waals surface area contributed by atoms with Gasteiger partial charge >= 0.3 is 0 Å². The number of aromatic nitrogens is 2. The Morgan fingerprint density at radius 2 is 1.79 bits per heavy atom. The third kappa shape index (κ3) is 3.44. The molecule has 0 radical (unpaired) electrons. The van der Waals surface area contributed by atoms with Crippen LogP contribution in [0, 0.1) is 27.7 Å². The summed E-state index contributed by atoms with van der Waals surface area (Å²) in [4.78, 5) is 4.43. The summed E-state index contributed by atoms with van der Waals surface area (Å²) in [5.74, 6) is 0.830. The molecule has 0 fully saturated rings. The van der Waals surface area contributed by atoms with E-state index in [0.717, 1.165) is 27.9 Å². The molecule has 0 saturated carbocycles. The molecule has 0 bridgehead atoms. The lowest BCUT2D eigenvalue weighted by molar-refractivity contribution is 0.0930. The minimum atomic E-state index is -0.594. The first kappa shape index (κ1) is 16.5. The lowest BCUT2D eigenvalue weighted by atomic mass is 10.1. The Labute approximate surface area is 142 Å². The van der Waals surface area contributed by atoms with Crippen molar-refractivity contribution in [2.45, 2.75) is 40.3 Å². The maximum Gasteiger partial charge on any atom is 0.122 e. The van der Waals surface area contributed by atoms with Crippen molar-refractivity contribution < 1.29 is 9.84 Å². The van der Waals surface area contributed by atoms with Crippen molar-refractivity contribution in [2.75, 3.05) is 6.61 Å². The molecule has 4 nitrogen and oxygen atoms in total. The molecule has 0 aliphatic heterocycles. The van der Waals surface area contributed by atoms with Gasteiger partial charge in [0.25, 0.3) is 0 Å². The summed E-state index contributed by atoms with van der Waals surface area (Å²) in [6, 6.07) is 10.3. The molecule has 3 aromatic rings. The van der Waals surface area contributed by atoms with Crippen molar-refractivity contribution in [2.24, 2.45) is 0 Å². The van der Waals surface area contributed by atoms with Gasteiger partial charge in [0, 0.05) is 0 Å². The van der Waals surface area contributed by atoms with Crippen molar-refractivity contribution in [3.63, 3.8) is 0 Å². The molecule has 0 spiro atoms. The van der Waals surface area contributed by atoms with E-state index in [1.165, 1.54) is 11.1 Å². The van der Waals surface area contributed by atoms with Crippen LogP contribution >= 0.6 is 0 Å². The Morgan fingerprint density at radius 1 is 1.04 bits per heavy atom. The summed E-state index contributed by atoms with van der Waals surface area (Å²) < 4.78 is 7.78. The molecule has 1 N–H and O–H groups in total. The number of imidazole rings is 1. The van der Waals surface area contributed by atoms with Gasteiger partial charge in [0.15, 0.2) is 0 Å². The first-order chi connectivity index (χ1) is 11.4. The lowest BCUT2D eigenvalue weighted by Gasteiger charge is -2.15. The van der Waals surface area contributed by atoms with E-state index in [9.17, 15) is 5.11 Å². The molecule has 24 heavy (non-hydrogen) atoms. The molecule has 3 rings (SSSR count). The summed E-state index contributed by atoms with van der Waals surface area (Å²) in [6.07, 6.45) is 1.19. The molecule has 2 aromatic carbocycles. The Balaban J connectivity index is 1.70. The summed E-state index contributed by atoms with van der Waals surface area (Å²) >= 11 is 0. The zero-order valence-corrected chi connectivity index (χ0v) is 14.7. The Kier molecular flexibility index (Phi) is 4.58. The van der Waals surface area contributed by atoms with Crippen molar-refractivity contribution >= 4 is 11.0 Å². The van der Waals surface area contributed by atoms with Gasteiger partial charge in [-0.15, -0.1) is 0 Å². The summed E-state index contributed by atoms with van der Waals surface area (Å²) in [5, 5.41) is 10.4. The molecule has 0 aliphatic carbocycles. The fourth-order valence-electron chi connectivity index (χ4n) is 2.79. The van der Waals surface area contributed by atoms with Gasteiger partial charge in [-0.25, -0.2) is 4.98 Å². The first-order valence-corrected chi connectivity index (χ1v) is 8.24. The minimum absolute atomic E-state index is 0.259. The Hall–Kier alpha value is -2.33. The predicted octanol–water partition coefficient (Wildman–Crippen LogP) is 3.71. The van der Waals surface area contributed by atoms with E-state index in [0.29, 0.717) is 6.54 Å². The largest absolute Gasteiger partial charge is 0.491 e. The van der Waals surface area contributed by atoms with Crippen LogP contribution in [0.1, 0.15) is 22.3 Å². The second-order valence-corrected chi connectivity index (χ2v) is 6.56. The van der Waals surface area contributed by atoms with Crippen molar-refractivity contribution in [1.82, 2.24) is 9.55 Å². The van der Waals surface area contributed by atoms with Gasteiger partial charge in [0.2, 0.25) is 0 Å². The van der Waals surface area contributed by atoms with Gasteiger partial charge < -0.3 is 14.4 Å². The first-order valence-electron chi connectivity index (χ1n) is 8.24. The Bertz CT molecular complexity index is 867. The number of hydrogen-bond acceptors (Lipinski definition) is 3. The average molecular weight is 324 g/mol. The van der Waals surface area contributed by atoms with Crippen molar-refractivity contribution in [1.29, 1.82) is 0 Å². The second kappa shape index (κ2) is 6.65. The van der Waals surface area contributed by atoms with E-state index in [4.69, 9.17) is 4.74 Å². The van der Waals surface area contributed by atoms with Crippen LogP contribution in [-0.2, 0) is 6.54 Å². The number of aryl methyl sites for hydroxylation is 4. The number of rotatable bonds is 5. The van der Waals surface area contributed by atoms with Crippen LogP contribution in [0.4, 0.5) is 0 Å². The number of ether oxygens (including phenoxy) is 1. The second-order valence-electron chi connectivity index (χ2n) is 6.56. The predicted molar refractivity (Wildman–Crippen MR) is 96.6 cm³/mol. The maximum atomic E-state index is 10.4. The molecule has 0 amide bonds. The van der Waals surface area contributed by atoms with E-state index < -0.39 is 6.10 Å². The molecular formula is C20H24N2O2. The molecule has 1 heterocycles. The topological polar surface area (TPSA) is 47.3 Å². The van der Waals surface area contributed by atoms with E-state index in [2.05, 4.69) is 37.0 Å². The zero-order valence-electron chi connectivity index (χ0n) is 14.7. The lowest BCUT2D eigenvalue weighted by Crippen LogP contribution is -2.23. The molecule has 0 aliphatic rings. The van der Waals surface area contributed by atoms with Gasteiger partial charge in [0.1, 0.15) is 18.5 Å². The molecule has 1 aromatic heterocycles. The van der Waals surface area contributed by atoms with Crippen LogP contribution in [0.5, 0.6) is 5.75 Å². The van der Waals surface area contributed by atoms with Crippen LogP contribution in [0.3, 0.4) is 0 Å². The third-order valence-electron chi connectivity index (χ3n) is 4.42. The summed E-state index contributed by atoms with van der Waals surface area (Å²) in [6.45, 7) is 8.94. The number of aliphatic hydroxyl groups excluding tert-OH is 1. The number of nitrogens with zero attached hydrogens (tertiary/aromatic N) is 2. The van der Waals surface area contributed by atoms with Crippen LogP contribution < -0.4 is 4.74 Å². The fraction of sp³-hybridized carbons (Fsp3) is 0.350. The Morgan fingerprint density at radius 3 is 2.58 bits per heavy atom. The van der Waals surface area contributed by atoms with Gasteiger partial charge in [-0.2, -0.15) is 0 Å². The summed E-state index contributed by atoms with van der Waals surface area (Å²) in [5.41, 5.74) is 6.69. The molecule has 4 heteroatoms. The molecule has 126 valence electrons. The molecule has 0 unspecified atom stereocenters. The van der Waals surface area contributed by atoms with Crippen LogP contribution in [0.25, 0.3) is 11.0 Å². The van der Waals surface area contributed by atoms with Crippen molar-refractivity contribution in [3.8, 4) is 5.75 Å². The normalized spacial score (nSPS) is 12.5. The minimum Gasteiger partial charge on any atom is -0.491 e. The van der Waals surface area contributed by atoms with Crippen LogP contribution in [0.15, 0.2) is 36.7 Å².